The first-order valence-electron chi connectivity index (χ1n) is 5.79. The molecule has 0 spiro atoms. The molecule has 6 nitrogen and oxygen atoms in total. The van der Waals surface area contributed by atoms with Crippen molar-refractivity contribution in [1.29, 1.82) is 0 Å². The smallest absolute Gasteiger partial charge is 0.325 e. The zero-order valence-electron chi connectivity index (χ0n) is 10.4. The summed E-state index contributed by atoms with van der Waals surface area (Å²) in [5, 5.41) is 6.04. The monoisotopic (exact) mass is 282 g/mol. The Labute approximate surface area is 116 Å². The van der Waals surface area contributed by atoms with Crippen LogP contribution >= 0.6 is 12.2 Å². The van der Waals surface area contributed by atoms with Crippen LogP contribution in [0.3, 0.4) is 0 Å². The van der Waals surface area contributed by atoms with E-state index in [1.54, 1.807) is 19.1 Å². The molecule has 0 aliphatic carbocycles. The van der Waals surface area contributed by atoms with Crippen LogP contribution in [0.4, 0.5) is 5.69 Å². The summed E-state index contributed by atoms with van der Waals surface area (Å²) in [5.41, 5.74) is 0.755. The van der Waals surface area contributed by atoms with E-state index in [4.69, 9.17) is 26.4 Å². The van der Waals surface area contributed by atoms with Crippen LogP contribution in [0.25, 0.3) is 0 Å². The van der Waals surface area contributed by atoms with Gasteiger partial charge in [-0.2, -0.15) is 0 Å². The minimum atomic E-state index is -0.350. The van der Waals surface area contributed by atoms with Gasteiger partial charge in [0.25, 0.3) is 0 Å². The van der Waals surface area contributed by atoms with E-state index >= 15 is 0 Å². The molecule has 0 saturated carbocycles. The van der Waals surface area contributed by atoms with Crippen molar-refractivity contribution in [3.63, 3.8) is 0 Å². The third-order valence-electron chi connectivity index (χ3n) is 2.33. The van der Waals surface area contributed by atoms with E-state index in [0.717, 1.165) is 5.69 Å². The van der Waals surface area contributed by atoms with Crippen molar-refractivity contribution in [3.05, 3.63) is 18.2 Å². The Morgan fingerprint density at radius 3 is 3.00 bits per heavy atom. The van der Waals surface area contributed by atoms with Crippen molar-refractivity contribution < 1.29 is 19.0 Å². The van der Waals surface area contributed by atoms with Crippen molar-refractivity contribution in [2.45, 2.75) is 6.92 Å². The molecule has 1 aromatic carbocycles. The summed E-state index contributed by atoms with van der Waals surface area (Å²) >= 11 is 5.06. The van der Waals surface area contributed by atoms with Crippen LogP contribution in [0, 0.1) is 0 Å². The molecule has 1 aliphatic rings. The predicted octanol–water partition coefficient (Wildman–Crippen LogP) is 1.26. The summed E-state index contributed by atoms with van der Waals surface area (Å²) in [5.74, 6) is 1.02. The number of carbonyl (C=O) groups is 1. The number of benzene rings is 1. The quantitative estimate of drug-likeness (QED) is 0.636. The standard InChI is InChI=1S/C12H14N2O4S/c1-2-16-11(15)6-13-12(19)14-8-3-4-9-10(5-8)18-7-17-9/h3-5H,2,6-7H2,1H3,(H2,13,14,19). The number of thiocarbonyl (C=S) groups is 1. The second kappa shape index (κ2) is 6.24. The van der Waals surface area contributed by atoms with Crippen molar-refractivity contribution in [2.24, 2.45) is 0 Å². The molecule has 0 fully saturated rings. The average molecular weight is 282 g/mol. The first kappa shape index (κ1) is 13.4. The first-order chi connectivity index (χ1) is 9.19. The first-order valence-corrected chi connectivity index (χ1v) is 6.20. The van der Waals surface area contributed by atoms with Gasteiger partial charge in [-0.25, -0.2) is 0 Å². The summed E-state index contributed by atoms with van der Waals surface area (Å²) < 4.78 is 15.2. The molecule has 1 aliphatic heterocycles. The number of nitrogens with one attached hydrogen (secondary N) is 2. The molecule has 2 rings (SSSR count). The van der Waals surface area contributed by atoms with Gasteiger partial charge in [0.1, 0.15) is 6.54 Å². The maximum absolute atomic E-state index is 11.1. The lowest BCUT2D eigenvalue weighted by Gasteiger charge is -2.10. The number of carbonyl (C=O) groups excluding carboxylic acids is 1. The maximum atomic E-state index is 11.1. The number of hydrogen-bond donors (Lipinski definition) is 2. The van der Waals surface area contributed by atoms with Gasteiger partial charge in [-0.1, -0.05) is 0 Å². The fraction of sp³-hybridized carbons (Fsp3) is 0.333. The van der Waals surface area contributed by atoms with Gasteiger partial charge >= 0.3 is 5.97 Å². The summed E-state index contributed by atoms with van der Waals surface area (Å²) in [6, 6.07) is 5.38. The van der Waals surface area contributed by atoms with Gasteiger partial charge in [0.2, 0.25) is 6.79 Å². The molecule has 0 radical (unpaired) electrons. The highest BCUT2D eigenvalue weighted by Crippen LogP contribution is 2.34. The molecule has 102 valence electrons. The van der Waals surface area contributed by atoms with E-state index in [-0.39, 0.29) is 19.3 Å². The number of anilines is 1. The number of rotatable bonds is 4. The molecule has 0 bridgehead atoms. The molecule has 19 heavy (non-hydrogen) atoms. The molecule has 1 aromatic rings. The molecular formula is C12H14N2O4S. The third-order valence-corrected chi connectivity index (χ3v) is 2.58. The highest BCUT2D eigenvalue weighted by atomic mass is 32.1. The Hall–Kier alpha value is -2.02. The molecule has 2 N–H and O–H groups in total. The van der Waals surface area contributed by atoms with Crippen LogP contribution in [0.2, 0.25) is 0 Å². The van der Waals surface area contributed by atoms with Gasteiger partial charge < -0.3 is 24.8 Å². The Morgan fingerprint density at radius 2 is 2.21 bits per heavy atom. The van der Waals surface area contributed by atoms with Crippen LogP contribution in [0.15, 0.2) is 18.2 Å². The van der Waals surface area contributed by atoms with Crippen molar-refractivity contribution in [3.8, 4) is 11.5 Å². The Morgan fingerprint density at radius 1 is 1.42 bits per heavy atom. The number of esters is 1. The second-order valence-corrected chi connectivity index (χ2v) is 4.09. The van der Waals surface area contributed by atoms with E-state index < -0.39 is 0 Å². The third kappa shape index (κ3) is 3.72. The molecule has 7 heteroatoms. The summed E-state index contributed by atoms with van der Waals surface area (Å²) in [7, 11) is 0. The fourth-order valence-corrected chi connectivity index (χ4v) is 1.70. The molecule has 0 amide bonds. The SMILES string of the molecule is CCOC(=O)CNC(=S)Nc1ccc2c(c1)OCO2. The topological polar surface area (TPSA) is 68.8 Å². The number of hydrogen-bond acceptors (Lipinski definition) is 5. The van der Waals surface area contributed by atoms with Gasteiger partial charge in [-0.15, -0.1) is 0 Å². The van der Waals surface area contributed by atoms with Gasteiger partial charge in [0.05, 0.1) is 6.61 Å². The van der Waals surface area contributed by atoms with E-state index in [0.29, 0.717) is 23.2 Å². The van der Waals surface area contributed by atoms with Gasteiger partial charge in [-0.3, -0.25) is 4.79 Å². The fourth-order valence-electron chi connectivity index (χ4n) is 1.51. The zero-order valence-corrected chi connectivity index (χ0v) is 11.2. The highest BCUT2D eigenvalue weighted by molar-refractivity contribution is 7.80. The lowest BCUT2D eigenvalue weighted by Crippen LogP contribution is -2.33. The normalized spacial score (nSPS) is 11.8. The van der Waals surface area contributed by atoms with E-state index in [9.17, 15) is 4.79 Å². The summed E-state index contributed by atoms with van der Waals surface area (Å²) in [6.07, 6.45) is 0. The van der Waals surface area contributed by atoms with E-state index in [1.165, 1.54) is 0 Å². The van der Waals surface area contributed by atoms with Crippen LogP contribution < -0.4 is 20.1 Å². The van der Waals surface area contributed by atoms with Gasteiger partial charge in [-0.05, 0) is 31.3 Å². The van der Waals surface area contributed by atoms with E-state index in [1.807, 2.05) is 6.07 Å². The maximum Gasteiger partial charge on any atom is 0.325 e. The average Bonchev–Trinajstić information content (AvgIpc) is 2.84. The second-order valence-electron chi connectivity index (χ2n) is 3.68. The summed E-state index contributed by atoms with van der Waals surface area (Å²) in [4.78, 5) is 11.1. The number of ether oxygens (including phenoxy) is 3. The predicted molar refractivity (Wildman–Crippen MR) is 73.4 cm³/mol. The lowest BCUT2D eigenvalue weighted by molar-refractivity contribution is -0.141. The lowest BCUT2D eigenvalue weighted by atomic mass is 10.3. The van der Waals surface area contributed by atoms with Crippen LogP contribution in [-0.2, 0) is 9.53 Å². The minimum Gasteiger partial charge on any atom is -0.465 e. The van der Waals surface area contributed by atoms with Gasteiger partial charge in [0.15, 0.2) is 16.6 Å². The molecule has 1 heterocycles. The largest absolute Gasteiger partial charge is 0.465 e. The zero-order chi connectivity index (χ0) is 13.7. The van der Waals surface area contributed by atoms with Crippen LogP contribution in [0.1, 0.15) is 6.92 Å². The van der Waals surface area contributed by atoms with E-state index in [2.05, 4.69) is 10.6 Å². The molecule has 0 saturated heterocycles. The Kier molecular flexibility index (Phi) is 4.40. The molecule has 0 aromatic heterocycles. The van der Waals surface area contributed by atoms with Crippen LogP contribution in [-0.4, -0.2) is 31.0 Å². The minimum absolute atomic E-state index is 0.0320. The highest BCUT2D eigenvalue weighted by Gasteiger charge is 2.13. The molecule has 0 atom stereocenters. The van der Waals surface area contributed by atoms with Crippen molar-refractivity contribution in [2.75, 3.05) is 25.3 Å². The summed E-state index contributed by atoms with van der Waals surface area (Å²) in [6.45, 7) is 2.36. The van der Waals surface area contributed by atoms with Crippen molar-refractivity contribution >= 4 is 29.0 Å². The Bertz CT molecular complexity index is 493. The van der Waals surface area contributed by atoms with Crippen LogP contribution in [0.5, 0.6) is 11.5 Å². The van der Waals surface area contributed by atoms with Crippen molar-refractivity contribution in [1.82, 2.24) is 5.32 Å². The molecule has 0 unspecified atom stereocenters. The Balaban J connectivity index is 1.84. The van der Waals surface area contributed by atoms with Gasteiger partial charge in [0, 0.05) is 11.8 Å². The number of fused-ring (bicyclic) bond motifs is 1. The molecular weight excluding hydrogens is 268 g/mol.